The first-order valence-corrected chi connectivity index (χ1v) is 13.5. The molecule has 4 N–H and O–H groups in total. The van der Waals surface area contributed by atoms with E-state index in [1.807, 2.05) is 0 Å². The molecule has 0 aromatic heterocycles. The first-order valence-electron chi connectivity index (χ1n) is 13.5. The van der Waals surface area contributed by atoms with E-state index in [4.69, 9.17) is 9.47 Å². The van der Waals surface area contributed by atoms with Crippen LogP contribution in [0.15, 0.2) is 0 Å². The summed E-state index contributed by atoms with van der Waals surface area (Å²) in [5.41, 5.74) is 0. The molecule has 0 spiro atoms. The summed E-state index contributed by atoms with van der Waals surface area (Å²) in [4.78, 5) is 0. The molecule has 0 bridgehead atoms. The minimum atomic E-state index is -1.38. The van der Waals surface area contributed by atoms with Crippen molar-refractivity contribution in [3.8, 4) is 0 Å². The number of unbranched alkanes of at least 4 members (excludes halogenated alkanes) is 12. The number of ether oxygens (including phenoxy) is 2. The number of hydrogen-bond acceptors (Lipinski definition) is 6. The van der Waals surface area contributed by atoms with Gasteiger partial charge < -0.3 is 29.9 Å². The van der Waals surface area contributed by atoms with Crippen molar-refractivity contribution in [1.29, 1.82) is 0 Å². The van der Waals surface area contributed by atoms with Gasteiger partial charge in [-0.05, 0) is 18.8 Å². The topological polar surface area (TPSA) is 99.4 Å². The van der Waals surface area contributed by atoms with E-state index in [1.165, 1.54) is 89.9 Å². The first-order chi connectivity index (χ1) is 15.5. The Hall–Kier alpha value is -0.240. The second kappa shape index (κ2) is 19.1. The Balaban J connectivity index is 2.40. The molecule has 32 heavy (non-hydrogen) atoms. The molecule has 6 nitrogen and oxygen atoms in total. The van der Waals surface area contributed by atoms with Crippen LogP contribution in [0.2, 0.25) is 0 Å². The van der Waals surface area contributed by atoms with Gasteiger partial charge in [-0.15, -0.1) is 0 Å². The van der Waals surface area contributed by atoms with Crippen molar-refractivity contribution in [3.05, 3.63) is 0 Å². The van der Waals surface area contributed by atoms with Crippen LogP contribution in [0.5, 0.6) is 0 Å². The number of aliphatic hydroxyl groups is 4. The fourth-order valence-electron chi connectivity index (χ4n) is 4.53. The van der Waals surface area contributed by atoms with Crippen molar-refractivity contribution in [2.75, 3.05) is 13.2 Å². The van der Waals surface area contributed by atoms with Crippen LogP contribution in [0.25, 0.3) is 0 Å². The predicted octanol–water partition coefficient (Wildman–Crippen LogP) is 4.70. The summed E-state index contributed by atoms with van der Waals surface area (Å²) >= 11 is 0. The number of hydrogen-bond donors (Lipinski definition) is 4. The zero-order chi connectivity index (χ0) is 23.6. The van der Waals surface area contributed by atoms with E-state index in [-0.39, 0.29) is 0 Å². The van der Waals surface area contributed by atoms with Gasteiger partial charge in [0.1, 0.15) is 24.4 Å². The lowest BCUT2D eigenvalue weighted by molar-refractivity contribution is -0.303. The third-order valence-corrected chi connectivity index (χ3v) is 6.78. The smallest absolute Gasteiger partial charge is 0.186 e. The molecule has 0 aromatic rings. The van der Waals surface area contributed by atoms with Crippen molar-refractivity contribution < 1.29 is 29.9 Å². The molecule has 1 fully saturated rings. The van der Waals surface area contributed by atoms with Crippen LogP contribution in [0.3, 0.4) is 0 Å². The van der Waals surface area contributed by atoms with Crippen molar-refractivity contribution in [3.63, 3.8) is 0 Å². The van der Waals surface area contributed by atoms with Crippen LogP contribution < -0.4 is 0 Å². The average Bonchev–Trinajstić information content (AvgIpc) is 2.80. The zero-order valence-electron chi connectivity index (χ0n) is 20.8. The van der Waals surface area contributed by atoms with Crippen molar-refractivity contribution in [2.45, 2.75) is 147 Å². The summed E-state index contributed by atoms with van der Waals surface area (Å²) < 4.78 is 11.4. The summed E-state index contributed by atoms with van der Waals surface area (Å²) in [6.45, 7) is 4.52. The van der Waals surface area contributed by atoms with E-state index >= 15 is 0 Å². The Bertz CT molecular complexity index is 419. The molecule has 1 aliphatic heterocycles. The van der Waals surface area contributed by atoms with Crippen LogP contribution in [-0.2, 0) is 9.47 Å². The third-order valence-electron chi connectivity index (χ3n) is 6.78. The van der Waals surface area contributed by atoms with E-state index in [0.717, 1.165) is 12.8 Å². The SMILES string of the molecule is CCCCCCCCCC[C@H](CCCCCCCC)CO[C@@H]1O[C@H](CO)[C@@H](O)[C@H](O)[C@H]1O. The first kappa shape index (κ1) is 29.8. The summed E-state index contributed by atoms with van der Waals surface area (Å²) in [5.74, 6) is 0.397. The highest BCUT2D eigenvalue weighted by atomic mass is 16.7. The minimum absolute atomic E-state index is 0.397. The molecule has 1 aliphatic rings. The highest BCUT2D eigenvalue weighted by Gasteiger charge is 2.44. The predicted molar refractivity (Wildman–Crippen MR) is 128 cm³/mol. The van der Waals surface area contributed by atoms with Gasteiger partial charge >= 0.3 is 0 Å². The van der Waals surface area contributed by atoms with Gasteiger partial charge in [-0.3, -0.25) is 0 Å². The highest BCUT2D eigenvalue weighted by Crippen LogP contribution is 2.25. The maximum atomic E-state index is 10.2. The van der Waals surface area contributed by atoms with Crippen LogP contribution in [0.1, 0.15) is 117 Å². The Morgan fingerprint density at radius 2 is 1.12 bits per heavy atom. The minimum Gasteiger partial charge on any atom is -0.394 e. The zero-order valence-corrected chi connectivity index (χ0v) is 20.8. The fraction of sp³-hybridized carbons (Fsp3) is 1.00. The highest BCUT2D eigenvalue weighted by molar-refractivity contribution is 4.89. The summed E-state index contributed by atoms with van der Waals surface area (Å²) in [6, 6.07) is 0. The number of aliphatic hydroxyl groups excluding tert-OH is 4. The Labute approximate surface area is 196 Å². The second-order valence-electron chi connectivity index (χ2n) is 9.72. The molecule has 0 unspecified atom stereocenters. The van der Waals surface area contributed by atoms with Gasteiger partial charge in [0.25, 0.3) is 0 Å². The molecular formula is C26H52O6. The van der Waals surface area contributed by atoms with Gasteiger partial charge in [0.2, 0.25) is 0 Å². The largest absolute Gasteiger partial charge is 0.394 e. The Morgan fingerprint density at radius 3 is 1.59 bits per heavy atom. The van der Waals surface area contributed by atoms with Gasteiger partial charge in [-0.25, -0.2) is 0 Å². The Kier molecular flexibility index (Phi) is 17.8. The van der Waals surface area contributed by atoms with Crippen molar-refractivity contribution in [2.24, 2.45) is 5.92 Å². The van der Waals surface area contributed by atoms with Gasteiger partial charge in [-0.1, -0.05) is 104 Å². The second-order valence-corrected chi connectivity index (χ2v) is 9.72. The lowest BCUT2D eigenvalue weighted by Crippen LogP contribution is -2.59. The lowest BCUT2D eigenvalue weighted by Gasteiger charge is -2.40. The molecule has 6 heteroatoms. The van der Waals surface area contributed by atoms with Gasteiger partial charge in [-0.2, -0.15) is 0 Å². The molecule has 1 heterocycles. The lowest BCUT2D eigenvalue weighted by atomic mass is 9.94. The molecular weight excluding hydrogens is 408 g/mol. The molecule has 1 saturated heterocycles. The quantitative estimate of drug-likeness (QED) is 0.197. The van der Waals surface area contributed by atoms with E-state index in [9.17, 15) is 20.4 Å². The molecule has 0 aliphatic carbocycles. The van der Waals surface area contributed by atoms with E-state index < -0.39 is 37.3 Å². The van der Waals surface area contributed by atoms with Gasteiger partial charge in [0, 0.05) is 0 Å². The van der Waals surface area contributed by atoms with E-state index in [0.29, 0.717) is 12.5 Å². The molecule has 0 amide bonds. The fourth-order valence-corrected chi connectivity index (χ4v) is 4.53. The third kappa shape index (κ3) is 12.3. The average molecular weight is 461 g/mol. The van der Waals surface area contributed by atoms with Crippen LogP contribution in [-0.4, -0.2) is 64.3 Å². The van der Waals surface area contributed by atoms with Crippen molar-refractivity contribution in [1.82, 2.24) is 0 Å². The molecule has 0 radical (unpaired) electrons. The maximum Gasteiger partial charge on any atom is 0.186 e. The van der Waals surface area contributed by atoms with Crippen LogP contribution >= 0.6 is 0 Å². The van der Waals surface area contributed by atoms with Gasteiger partial charge in [0.15, 0.2) is 6.29 Å². The summed E-state index contributed by atoms with van der Waals surface area (Å²) in [5, 5.41) is 39.5. The maximum absolute atomic E-state index is 10.2. The molecule has 192 valence electrons. The summed E-state index contributed by atoms with van der Waals surface area (Å²) in [6.07, 6.45) is 14.2. The number of rotatable bonds is 20. The monoisotopic (exact) mass is 460 g/mol. The molecule has 0 saturated carbocycles. The molecule has 1 rings (SSSR count). The van der Waals surface area contributed by atoms with E-state index in [2.05, 4.69) is 13.8 Å². The standard InChI is InChI=1S/C26H52O6/c1-3-5-7-9-11-12-14-16-18-21(17-15-13-10-8-6-4-2)20-31-26-25(30)24(29)23(28)22(19-27)32-26/h21-30H,3-20H2,1-2H3/t21-,22+,23+,24-,25+,26+/m0/s1. The van der Waals surface area contributed by atoms with Gasteiger partial charge in [0.05, 0.1) is 13.2 Å². The van der Waals surface area contributed by atoms with Crippen LogP contribution in [0.4, 0.5) is 0 Å². The molecule has 0 aromatic carbocycles. The van der Waals surface area contributed by atoms with E-state index in [1.54, 1.807) is 0 Å². The normalized spacial score (nSPS) is 27.0. The Morgan fingerprint density at radius 1 is 0.656 bits per heavy atom. The van der Waals surface area contributed by atoms with Crippen molar-refractivity contribution >= 4 is 0 Å². The summed E-state index contributed by atoms with van der Waals surface area (Å²) in [7, 11) is 0. The van der Waals surface area contributed by atoms with Crippen LogP contribution in [0, 0.1) is 5.92 Å². The molecule has 6 atom stereocenters.